The lowest BCUT2D eigenvalue weighted by molar-refractivity contribution is -0.394. The van der Waals surface area contributed by atoms with Gasteiger partial charge in [-0.05, 0) is 18.6 Å². The molecule has 0 fully saturated rings. The monoisotopic (exact) mass is 354 g/mol. The van der Waals surface area contributed by atoms with Crippen LogP contribution in [-0.2, 0) is 0 Å². The molecule has 0 heterocycles. The lowest BCUT2D eigenvalue weighted by Gasteiger charge is -2.01. The Morgan fingerprint density at radius 3 is 2.15 bits per heavy atom. The van der Waals surface area contributed by atoms with Gasteiger partial charge in [-0.1, -0.05) is 36.4 Å². The van der Waals surface area contributed by atoms with E-state index in [1.807, 2.05) is 30.3 Å². The molecule has 0 aliphatic heterocycles. The highest BCUT2D eigenvalue weighted by atomic mass is 16.6. The van der Waals surface area contributed by atoms with Gasteiger partial charge < -0.3 is 0 Å². The maximum Gasteiger partial charge on any atom is 0.277 e. The van der Waals surface area contributed by atoms with Crippen LogP contribution in [0.15, 0.2) is 59.7 Å². The molecule has 9 nitrogen and oxygen atoms in total. The first-order valence-electron chi connectivity index (χ1n) is 7.38. The number of nitrogens with zero attached hydrogens (tertiary/aromatic N) is 3. The van der Waals surface area contributed by atoms with Crippen molar-refractivity contribution in [2.45, 2.75) is 6.92 Å². The normalized spacial score (nSPS) is 11.3. The first kappa shape index (κ1) is 18.5. The molecule has 0 radical (unpaired) electrons. The molecule has 0 unspecified atom stereocenters. The number of nitro groups is 2. The average Bonchev–Trinajstić information content (AvgIpc) is 2.64. The molecule has 0 saturated heterocycles. The molecule has 2 aromatic carbocycles. The summed E-state index contributed by atoms with van der Waals surface area (Å²) >= 11 is 0. The second-order valence-electron chi connectivity index (χ2n) is 5.19. The van der Waals surface area contributed by atoms with Gasteiger partial charge in [-0.15, -0.1) is 0 Å². The van der Waals surface area contributed by atoms with Crippen LogP contribution in [0.1, 0.15) is 22.8 Å². The Labute approximate surface area is 148 Å². The Balaban J connectivity index is 2.15. The number of carbonyl (C=O) groups is 1. The second-order valence-corrected chi connectivity index (χ2v) is 5.19. The molecule has 1 N–H and O–H groups in total. The summed E-state index contributed by atoms with van der Waals surface area (Å²) in [4.78, 5) is 32.2. The average molecular weight is 354 g/mol. The van der Waals surface area contributed by atoms with Crippen molar-refractivity contribution in [3.8, 4) is 0 Å². The van der Waals surface area contributed by atoms with E-state index in [-0.39, 0.29) is 5.56 Å². The summed E-state index contributed by atoms with van der Waals surface area (Å²) in [5.74, 6) is -0.788. The van der Waals surface area contributed by atoms with E-state index >= 15 is 0 Å². The lowest BCUT2D eigenvalue weighted by atomic mass is 10.1. The zero-order valence-electron chi connectivity index (χ0n) is 13.7. The van der Waals surface area contributed by atoms with Crippen molar-refractivity contribution < 1.29 is 14.6 Å². The van der Waals surface area contributed by atoms with Crippen molar-refractivity contribution in [3.05, 3.63) is 86.0 Å². The number of allylic oxidation sites excluding steroid dienone is 1. The number of benzene rings is 2. The number of hydrogen-bond donors (Lipinski definition) is 1. The van der Waals surface area contributed by atoms with Gasteiger partial charge in [0.2, 0.25) is 0 Å². The molecule has 132 valence electrons. The largest absolute Gasteiger partial charge is 0.277 e. The fraction of sp³-hybridized carbons (Fsp3) is 0.0588. The number of nitrogens with one attached hydrogen (secondary N) is 1. The molecule has 0 saturated carbocycles. The molecule has 0 bridgehead atoms. The molecule has 26 heavy (non-hydrogen) atoms. The van der Waals surface area contributed by atoms with Gasteiger partial charge in [-0.3, -0.25) is 25.0 Å². The molecule has 0 atom stereocenters. The molecule has 9 heteroatoms. The van der Waals surface area contributed by atoms with Crippen molar-refractivity contribution in [2.24, 2.45) is 5.10 Å². The molecule has 0 aromatic heterocycles. The summed E-state index contributed by atoms with van der Waals surface area (Å²) in [6, 6.07) is 12.1. The fourth-order valence-electron chi connectivity index (χ4n) is 1.96. The third-order valence-corrected chi connectivity index (χ3v) is 3.24. The Morgan fingerprint density at radius 2 is 1.62 bits per heavy atom. The van der Waals surface area contributed by atoms with Crippen LogP contribution < -0.4 is 5.43 Å². The molecular weight excluding hydrogens is 340 g/mol. The number of nitro benzene ring substituents is 2. The molecule has 0 aliphatic rings. The Kier molecular flexibility index (Phi) is 5.88. The van der Waals surface area contributed by atoms with E-state index < -0.39 is 27.1 Å². The summed E-state index contributed by atoms with van der Waals surface area (Å²) in [5.41, 5.74) is 2.32. The topological polar surface area (TPSA) is 128 Å². The predicted octanol–water partition coefficient (Wildman–Crippen LogP) is 3.32. The Morgan fingerprint density at radius 1 is 1.04 bits per heavy atom. The van der Waals surface area contributed by atoms with Gasteiger partial charge >= 0.3 is 0 Å². The van der Waals surface area contributed by atoms with Crippen molar-refractivity contribution in [3.63, 3.8) is 0 Å². The standard InChI is InChI=1S/C17H14N4O5/c1-12(7-8-13-5-3-2-4-6-13)18-19-17(22)14-9-15(20(23)24)11-16(10-14)21(25)26/h2-11H,1H3,(H,19,22)/b8-7+,18-12?. The number of hydrazone groups is 1. The van der Waals surface area contributed by atoms with Crippen LogP contribution >= 0.6 is 0 Å². The van der Waals surface area contributed by atoms with Crippen LogP contribution in [0.4, 0.5) is 11.4 Å². The molecule has 0 spiro atoms. The number of rotatable bonds is 6. The second kappa shape index (κ2) is 8.29. The SMILES string of the molecule is CC(/C=C/c1ccccc1)=NNC(=O)c1cc([N+](=O)[O-])cc([N+](=O)[O-])c1. The molecule has 1 amide bonds. The van der Waals surface area contributed by atoms with Crippen LogP contribution in [0, 0.1) is 20.2 Å². The van der Waals surface area contributed by atoms with E-state index in [0.29, 0.717) is 5.71 Å². The summed E-state index contributed by atoms with van der Waals surface area (Å²) in [6.07, 6.45) is 3.47. The van der Waals surface area contributed by atoms with Crippen molar-refractivity contribution >= 4 is 29.1 Å². The first-order chi connectivity index (χ1) is 12.4. The number of amides is 1. The van der Waals surface area contributed by atoms with Crippen LogP contribution in [0.3, 0.4) is 0 Å². The first-order valence-corrected chi connectivity index (χ1v) is 7.38. The maximum absolute atomic E-state index is 12.1. The molecular formula is C17H14N4O5. The van der Waals surface area contributed by atoms with E-state index in [4.69, 9.17) is 0 Å². The van der Waals surface area contributed by atoms with Crippen LogP contribution in [0.25, 0.3) is 6.08 Å². The van der Waals surface area contributed by atoms with Crippen LogP contribution in [0.2, 0.25) is 0 Å². The minimum atomic E-state index is -0.805. The highest BCUT2D eigenvalue weighted by Gasteiger charge is 2.19. The fourth-order valence-corrected chi connectivity index (χ4v) is 1.96. The van der Waals surface area contributed by atoms with Crippen molar-refractivity contribution in [1.82, 2.24) is 5.43 Å². The number of non-ortho nitro benzene ring substituents is 2. The Hall–Kier alpha value is -3.88. The van der Waals surface area contributed by atoms with E-state index in [1.54, 1.807) is 19.1 Å². The minimum absolute atomic E-state index is 0.227. The van der Waals surface area contributed by atoms with Gasteiger partial charge in [0.25, 0.3) is 17.3 Å². The maximum atomic E-state index is 12.1. The third kappa shape index (κ3) is 5.06. The summed E-state index contributed by atoms with van der Waals surface area (Å²) in [6.45, 7) is 1.65. The van der Waals surface area contributed by atoms with E-state index in [0.717, 1.165) is 23.8 Å². The lowest BCUT2D eigenvalue weighted by Crippen LogP contribution is -2.19. The highest BCUT2D eigenvalue weighted by Crippen LogP contribution is 2.22. The smallest absolute Gasteiger partial charge is 0.267 e. The molecule has 0 aliphatic carbocycles. The van der Waals surface area contributed by atoms with E-state index in [2.05, 4.69) is 10.5 Å². The van der Waals surface area contributed by atoms with Crippen LogP contribution in [0.5, 0.6) is 0 Å². The minimum Gasteiger partial charge on any atom is -0.267 e. The van der Waals surface area contributed by atoms with Gasteiger partial charge in [0.1, 0.15) is 0 Å². The van der Waals surface area contributed by atoms with E-state index in [1.165, 1.54) is 0 Å². The van der Waals surface area contributed by atoms with Crippen molar-refractivity contribution in [1.29, 1.82) is 0 Å². The summed E-state index contributed by atoms with van der Waals surface area (Å²) in [5, 5.41) is 25.6. The van der Waals surface area contributed by atoms with E-state index in [9.17, 15) is 25.0 Å². The van der Waals surface area contributed by atoms with Crippen molar-refractivity contribution in [2.75, 3.05) is 0 Å². The van der Waals surface area contributed by atoms with Gasteiger partial charge in [0.05, 0.1) is 27.2 Å². The zero-order valence-corrected chi connectivity index (χ0v) is 13.7. The molecule has 2 rings (SSSR count). The zero-order chi connectivity index (χ0) is 19.1. The third-order valence-electron chi connectivity index (χ3n) is 3.24. The van der Waals surface area contributed by atoms with Gasteiger partial charge in [0.15, 0.2) is 0 Å². The summed E-state index contributed by atoms with van der Waals surface area (Å²) < 4.78 is 0. The highest BCUT2D eigenvalue weighted by molar-refractivity contribution is 5.99. The van der Waals surface area contributed by atoms with Gasteiger partial charge in [-0.25, -0.2) is 5.43 Å². The predicted molar refractivity (Wildman–Crippen MR) is 95.8 cm³/mol. The molecule has 2 aromatic rings. The Bertz CT molecular complexity index is 874. The van der Waals surface area contributed by atoms with Gasteiger partial charge in [-0.2, -0.15) is 5.10 Å². The number of hydrogen-bond acceptors (Lipinski definition) is 6. The number of carbonyl (C=O) groups excluding carboxylic acids is 1. The quantitative estimate of drug-likeness (QED) is 0.483. The summed E-state index contributed by atoms with van der Waals surface area (Å²) in [7, 11) is 0. The van der Waals surface area contributed by atoms with Crippen LogP contribution in [-0.4, -0.2) is 21.5 Å². The van der Waals surface area contributed by atoms with Gasteiger partial charge in [0, 0.05) is 12.1 Å².